The molecule has 0 fully saturated rings. The first-order valence-corrected chi connectivity index (χ1v) is 7.48. The van der Waals surface area contributed by atoms with Gasteiger partial charge in [-0.1, -0.05) is 6.92 Å². The molecule has 5 nitrogen and oxygen atoms in total. The molecular formula is C17H14F3N3O2. The summed E-state index contributed by atoms with van der Waals surface area (Å²) in [6.07, 6.45) is -2.60. The third-order valence-electron chi connectivity index (χ3n) is 3.78. The Kier molecular flexibility index (Phi) is 4.20. The Morgan fingerprint density at radius 2 is 1.92 bits per heavy atom. The van der Waals surface area contributed by atoms with Crippen LogP contribution in [0, 0.1) is 0 Å². The number of ketones is 1. The van der Waals surface area contributed by atoms with Crippen LogP contribution in [-0.2, 0) is 12.6 Å². The van der Waals surface area contributed by atoms with Crippen LogP contribution in [0.25, 0.3) is 5.78 Å². The SMILES string of the molecule is CCc1nc2ncc(C(F)(F)F)cn2c1C(=O)c1ccc(OC)cc1. The second-order valence-corrected chi connectivity index (χ2v) is 5.33. The van der Waals surface area contributed by atoms with Gasteiger partial charge in [-0.3, -0.25) is 9.20 Å². The standard InChI is InChI=1S/C17H14F3N3O2/c1-3-13-14(15(24)10-4-6-12(25-2)7-5-10)23-9-11(17(18,19)20)8-21-16(23)22-13/h4-9H,3H2,1-2H3. The Labute approximate surface area is 141 Å². The third-order valence-corrected chi connectivity index (χ3v) is 3.78. The van der Waals surface area contributed by atoms with Gasteiger partial charge in [0.2, 0.25) is 11.6 Å². The van der Waals surface area contributed by atoms with E-state index in [1.165, 1.54) is 7.11 Å². The minimum atomic E-state index is -4.56. The minimum Gasteiger partial charge on any atom is -0.497 e. The summed E-state index contributed by atoms with van der Waals surface area (Å²) in [5.41, 5.74) is -0.132. The predicted octanol–water partition coefficient (Wildman–Crippen LogP) is 3.55. The summed E-state index contributed by atoms with van der Waals surface area (Å²) >= 11 is 0. The van der Waals surface area contributed by atoms with E-state index < -0.39 is 17.5 Å². The van der Waals surface area contributed by atoms with Crippen LogP contribution in [0.1, 0.15) is 34.2 Å². The van der Waals surface area contributed by atoms with E-state index in [0.29, 0.717) is 29.6 Å². The Morgan fingerprint density at radius 1 is 1.24 bits per heavy atom. The van der Waals surface area contributed by atoms with Crippen LogP contribution in [0.5, 0.6) is 5.75 Å². The fraction of sp³-hybridized carbons (Fsp3) is 0.235. The zero-order valence-corrected chi connectivity index (χ0v) is 13.5. The van der Waals surface area contributed by atoms with Gasteiger partial charge < -0.3 is 4.74 Å². The molecule has 3 aromatic rings. The van der Waals surface area contributed by atoms with Crippen LogP contribution in [0.4, 0.5) is 13.2 Å². The highest BCUT2D eigenvalue weighted by Gasteiger charge is 2.32. The highest BCUT2D eigenvalue weighted by molar-refractivity contribution is 6.09. The highest BCUT2D eigenvalue weighted by Crippen LogP contribution is 2.29. The molecule has 8 heteroatoms. The van der Waals surface area contributed by atoms with Crippen LogP contribution in [0.3, 0.4) is 0 Å². The summed E-state index contributed by atoms with van der Waals surface area (Å²) in [6.45, 7) is 1.78. The van der Waals surface area contributed by atoms with Crippen molar-refractivity contribution in [2.75, 3.05) is 7.11 Å². The number of methoxy groups -OCH3 is 1. The number of rotatable bonds is 4. The molecule has 0 saturated heterocycles. The molecule has 0 unspecified atom stereocenters. The molecule has 0 aliphatic heterocycles. The number of carbonyl (C=O) groups excluding carboxylic acids is 1. The number of imidazole rings is 1. The van der Waals surface area contributed by atoms with E-state index in [1.54, 1.807) is 31.2 Å². The molecule has 0 atom stereocenters. The molecule has 2 aromatic heterocycles. The van der Waals surface area contributed by atoms with Crippen molar-refractivity contribution >= 4 is 11.6 Å². The fourth-order valence-electron chi connectivity index (χ4n) is 2.49. The van der Waals surface area contributed by atoms with Gasteiger partial charge in [-0.05, 0) is 30.7 Å². The second-order valence-electron chi connectivity index (χ2n) is 5.33. The van der Waals surface area contributed by atoms with E-state index in [0.717, 1.165) is 10.6 Å². The molecule has 0 amide bonds. The number of carbonyl (C=O) groups is 1. The zero-order valence-electron chi connectivity index (χ0n) is 13.5. The molecule has 0 bridgehead atoms. The predicted molar refractivity (Wildman–Crippen MR) is 83.8 cm³/mol. The fourth-order valence-corrected chi connectivity index (χ4v) is 2.49. The molecule has 0 aliphatic carbocycles. The number of halogens is 3. The molecule has 0 spiro atoms. The first-order valence-electron chi connectivity index (χ1n) is 7.48. The quantitative estimate of drug-likeness (QED) is 0.676. The van der Waals surface area contributed by atoms with Gasteiger partial charge >= 0.3 is 6.18 Å². The average molecular weight is 349 g/mol. The van der Waals surface area contributed by atoms with Gasteiger partial charge in [0.05, 0.1) is 18.4 Å². The highest BCUT2D eigenvalue weighted by atomic mass is 19.4. The van der Waals surface area contributed by atoms with Gasteiger partial charge in [0.25, 0.3) is 0 Å². The lowest BCUT2D eigenvalue weighted by atomic mass is 10.1. The van der Waals surface area contributed by atoms with E-state index in [9.17, 15) is 18.0 Å². The maximum atomic E-state index is 13.0. The monoisotopic (exact) mass is 349 g/mol. The number of aryl methyl sites for hydroxylation is 1. The van der Waals surface area contributed by atoms with E-state index in [2.05, 4.69) is 9.97 Å². The number of hydrogen-bond donors (Lipinski definition) is 0. The summed E-state index contributed by atoms with van der Waals surface area (Å²) in [7, 11) is 1.50. The smallest absolute Gasteiger partial charge is 0.419 e. The largest absolute Gasteiger partial charge is 0.497 e. The molecular weight excluding hydrogens is 335 g/mol. The molecule has 25 heavy (non-hydrogen) atoms. The maximum absolute atomic E-state index is 13.0. The number of fused-ring (bicyclic) bond motifs is 1. The first-order chi connectivity index (χ1) is 11.8. The number of aromatic nitrogens is 3. The lowest BCUT2D eigenvalue weighted by molar-refractivity contribution is -0.138. The van der Waals surface area contributed by atoms with Gasteiger partial charge in [-0.25, -0.2) is 9.97 Å². The topological polar surface area (TPSA) is 56.5 Å². The maximum Gasteiger partial charge on any atom is 0.419 e. The normalized spacial score (nSPS) is 11.7. The summed E-state index contributed by atoms with van der Waals surface area (Å²) in [6, 6.07) is 6.34. The van der Waals surface area contributed by atoms with E-state index in [1.807, 2.05) is 0 Å². The van der Waals surface area contributed by atoms with Crippen LogP contribution in [-0.4, -0.2) is 27.3 Å². The van der Waals surface area contributed by atoms with Crippen molar-refractivity contribution < 1.29 is 22.7 Å². The van der Waals surface area contributed by atoms with Crippen LogP contribution >= 0.6 is 0 Å². The Balaban J connectivity index is 2.16. The molecule has 0 radical (unpaired) electrons. The Morgan fingerprint density at radius 3 is 2.48 bits per heavy atom. The zero-order chi connectivity index (χ0) is 18.2. The average Bonchev–Trinajstić information content (AvgIpc) is 2.98. The summed E-state index contributed by atoms with van der Waals surface area (Å²) in [5.74, 6) is 0.210. The van der Waals surface area contributed by atoms with Gasteiger partial charge in [-0.15, -0.1) is 0 Å². The summed E-state index contributed by atoms with van der Waals surface area (Å²) < 4.78 is 45.1. The van der Waals surface area contributed by atoms with Crippen LogP contribution < -0.4 is 4.74 Å². The van der Waals surface area contributed by atoms with Crippen molar-refractivity contribution in [3.63, 3.8) is 0 Å². The lowest BCUT2D eigenvalue weighted by Gasteiger charge is -2.08. The number of ether oxygens (including phenoxy) is 1. The van der Waals surface area contributed by atoms with E-state index in [4.69, 9.17) is 4.74 Å². The summed E-state index contributed by atoms with van der Waals surface area (Å²) in [4.78, 5) is 20.8. The third kappa shape index (κ3) is 3.07. The number of benzene rings is 1. The van der Waals surface area contributed by atoms with Crippen molar-refractivity contribution in [1.82, 2.24) is 14.4 Å². The Hall–Kier alpha value is -2.90. The molecule has 0 N–H and O–H groups in total. The molecule has 2 heterocycles. The Bertz CT molecular complexity index is 931. The van der Waals surface area contributed by atoms with Crippen molar-refractivity contribution in [1.29, 1.82) is 0 Å². The lowest BCUT2D eigenvalue weighted by Crippen LogP contribution is -2.11. The molecule has 0 aliphatic rings. The van der Waals surface area contributed by atoms with Crippen molar-refractivity contribution in [3.05, 3.63) is 59.2 Å². The number of alkyl halides is 3. The van der Waals surface area contributed by atoms with E-state index >= 15 is 0 Å². The van der Waals surface area contributed by atoms with Gasteiger partial charge in [-0.2, -0.15) is 13.2 Å². The van der Waals surface area contributed by atoms with Gasteiger partial charge in [0, 0.05) is 18.0 Å². The van der Waals surface area contributed by atoms with Crippen LogP contribution in [0.15, 0.2) is 36.7 Å². The van der Waals surface area contributed by atoms with Crippen molar-refractivity contribution in [3.8, 4) is 5.75 Å². The van der Waals surface area contributed by atoms with E-state index in [-0.39, 0.29) is 11.5 Å². The minimum absolute atomic E-state index is 0.0571. The number of hydrogen-bond acceptors (Lipinski definition) is 4. The van der Waals surface area contributed by atoms with Crippen LogP contribution in [0.2, 0.25) is 0 Å². The second kappa shape index (κ2) is 6.19. The van der Waals surface area contributed by atoms with Gasteiger partial charge in [0.15, 0.2) is 0 Å². The van der Waals surface area contributed by atoms with Crippen molar-refractivity contribution in [2.45, 2.75) is 19.5 Å². The van der Waals surface area contributed by atoms with Crippen molar-refractivity contribution in [2.24, 2.45) is 0 Å². The first kappa shape index (κ1) is 16.9. The molecule has 1 aromatic carbocycles. The molecule has 130 valence electrons. The summed E-state index contributed by atoms with van der Waals surface area (Å²) in [5, 5.41) is 0. The van der Waals surface area contributed by atoms with Gasteiger partial charge in [0.1, 0.15) is 11.4 Å². The molecule has 3 rings (SSSR count). The number of nitrogens with zero attached hydrogens (tertiary/aromatic N) is 3. The molecule has 0 saturated carbocycles.